The van der Waals surface area contributed by atoms with E-state index in [2.05, 4.69) is 22.9 Å². The number of carbonyl (C=O) groups is 1. The highest BCUT2D eigenvalue weighted by Gasteiger charge is 2.27. The molecule has 0 bridgehead atoms. The van der Waals surface area contributed by atoms with Crippen LogP contribution < -0.4 is 9.47 Å². The van der Waals surface area contributed by atoms with Gasteiger partial charge in [0.25, 0.3) is 5.91 Å². The Kier molecular flexibility index (Phi) is 6.07. The first-order valence-electron chi connectivity index (χ1n) is 8.83. The maximum absolute atomic E-state index is 12.5. The van der Waals surface area contributed by atoms with E-state index in [4.69, 9.17) is 9.47 Å². The lowest BCUT2D eigenvalue weighted by Crippen LogP contribution is -2.54. The lowest BCUT2D eigenvalue weighted by molar-refractivity contribution is -0.138. The minimum absolute atomic E-state index is 0.0151. The third-order valence-corrected chi connectivity index (χ3v) is 4.56. The summed E-state index contributed by atoms with van der Waals surface area (Å²) in [6, 6.07) is 11.5. The maximum atomic E-state index is 12.5. The fourth-order valence-corrected chi connectivity index (χ4v) is 3.22. The van der Waals surface area contributed by atoms with Crippen molar-refractivity contribution in [3.05, 3.63) is 54.4 Å². The Morgan fingerprint density at radius 3 is 2.81 bits per heavy atom. The number of nitrogens with zero attached hydrogens (tertiary/aromatic N) is 3. The molecule has 0 spiro atoms. The van der Waals surface area contributed by atoms with Gasteiger partial charge in [-0.15, -0.1) is 0 Å². The van der Waals surface area contributed by atoms with Gasteiger partial charge in [-0.2, -0.15) is 0 Å². The zero-order valence-electron chi connectivity index (χ0n) is 15.3. The molecule has 1 amide bonds. The van der Waals surface area contributed by atoms with E-state index in [9.17, 15) is 4.79 Å². The molecule has 26 heavy (non-hydrogen) atoms. The molecule has 1 unspecified atom stereocenters. The number of ether oxygens (including phenoxy) is 2. The van der Waals surface area contributed by atoms with E-state index in [1.54, 1.807) is 19.4 Å². The summed E-state index contributed by atoms with van der Waals surface area (Å²) in [4.78, 5) is 21.0. The largest absolute Gasteiger partial charge is 0.497 e. The number of pyridine rings is 1. The number of hydrogen-bond donors (Lipinski definition) is 0. The standard InChI is InChI=1S/C20H25N3O3/c1-16-13-22(14-17-5-4-8-21-12-17)9-10-23(16)20(24)15-26-19-7-3-6-18(11-19)25-2/h3-8,11-12,16H,9-10,13-15H2,1-2H3. The predicted molar refractivity (Wildman–Crippen MR) is 99.2 cm³/mol. The van der Waals surface area contributed by atoms with Crippen LogP contribution in [-0.4, -0.2) is 60.1 Å². The Morgan fingerprint density at radius 2 is 2.08 bits per heavy atom. The lowest BCUT2D eigenvalue weighted by Gasteiger charge is -2.39. The van der Waals surface area contributed by atoms with Crippen molar-refractivity contribution >= 4 is 5.91 Å². The number of rotatable bonds is 6. The molecule has 1 saturated heterocycles. The van der Waals surface area contributed by atoms with Gasteiger partial charge in [-0.25, -0.2) is 0 Å². The monoisotopic (exact) mass is 355 g/mol. The van der Waals surface area contributed by atoms with Gasteiger partial charge in [-0.05, 0) is 30.7 Å². The second kappa shape index (κ2) is 8.67. The van der Waals surface area contributed by atoms with Gasteiger partial charge in [-0.1, -0.05) is 12.1 Å². The third kappa shape index (κ3) is 4.73. The third-order valence-electron chi connectivity index (χ3n) is 4.56. The van der Waals surface area contributed by atoms with E-state index in [-0.39, 0.29) is 18.6 Å². The molecule has 1 aromatic heterocycles. The molecule has 3 rings (SSSR count). The van der Waals surface area contributed by atoms with Gasteiger partial charge in [-0.3, -0.25) is 14.7 Å². The molecule has 6 heteroatoms. The second-order valence-electron chi connectivity index (χ2n) is 6.50. The lowest BCUT2D eigenvalue weighted by atomic mass is 10.1. The summed E-state index contributed by atoms with van der Waals surface area (Å²) >= 11 is 0. The van der Waals surface area contributed by atoms with Gasteiger partial charge in [0.05, 0.1) is 7.11 Å². The van der Waals surface area contributed by atoms with E-state index < -0.39 is 0 Å². The highest BCUT2D eigenvalue weighted by molar-refractivity contribution is 5.78. The van der Waals surface area contributed by atoms with Crippen molar-refractivity contribution in [3.63, 3.8) is 0 Å². The molecule has 0 radical (unpaired) electrons. The highest BCUT2D eigenvalue weighted by atomic mass is 16.5. The first-order chi connectivity index (χ1) is 12.7. The second-order valence-corrected chi connectivity index (χ2v) is 6.50. The molecule has 1 fully saturated rings. The summed E-state index contributed by atoms with van der Waals surface area (Å²) in [5.74, 6) is 1.37. The van der Waals surface area contributed by atoms with Crippen molar-refractivity contribution in [1.29, 1.82) is 0 Å². The Balaban J connectivity index is 1.49. The summed E-state index contributed by atoms with van der Waals surface area (Å²) in [6.45, 7) is 5.39. The summed E-state index contributed by atoms with van der Waals surface area (Å²) < 4.78 is 10.8. The number of amides is 1. The van der Waals surface area contributed by atoms with Gasteiger partial charge < -0.3 is 14.4 Å². The Hall–Kier alpha value is -2.60. The van der Waals surface area contributed by atoms with Gasteiger partial charge in [0.2, 0.25) is 0 Å². The van der Waals surface area contributed by atoms with E-state index in [0.29, 0.717) is 18.0 Å². The van der Waals surface area contributed by atoms with E-state index in [1.165, 1.54) is 5.56 Å². The molecule has 0 N–H and O–H groups in total. The number of carbonyl (C=O) groups excluding carboxylic acids is 1. The predicted octanol–water partition coefficient (Wildman–Crippen LogP) is 2.20. The van der Waals surface area contributed by atoms with Crippen LogP contribution in [0.2, 0.25) is 0 Å². The molecule has 138 valence electrons. The molecule has 1 aliphatic rings. The van der Waals surface area contributed by atoms with Crippen molar-refractivity contribution in [3.8, 4) is 11.5 Å². The SMILES string of the molecule is COc1cccc(OCC(=O)N2CCN(Cc3cccnc3)CC2C)c1. The topological polar surface area (TPSA) is 54.9 Å². The van der Waals surface area contributed by atoms with E-state index in [0.717, 1.165) is 19.6 Å². The average molecular weight is 355 g/mol. The van der Waals surface area contributed by atoms with Gasteiger partial charge >= 0.3 is 0 Å². The van der Waals surface area contributed by atoms with E-state index in [1.807, 2.05) is 35.4 Å². The van der Waals surface area contributed by atoms with Crippen molar-refractivity contribution in [2.24, 2.45) is 0 Å². The molecule has 1 aromatic carbocycles. The summed E-state index contributed by atoms with van der Waals surface area (Å²) in [5, 5.41) is 0. The van der Waals surface area contributed by atoms with Crippen molar-refractivity contribution in [1.82, 2.24) is 14.8 Å². The van der Waals surface area contributed by atoms with Crippen LogP contribution in [-0.2, 0) is 11.3 Å². The zero-order valence-corrected chi connectivity index (χ0v) is 15.3. The smallest absolute Gasteiger partial charge is 0.260 e. The molecular weight excluding hydrogens is 330 g/mol. The number of piperazine rings is 1. The number of benzene rings is 1. The van der Waals surface area contributed by atoms with Crippen molar-refractivity contribution < 1.29 is 14.3 Å². The number of methoxy groups -OCH3 is 1. The Labute approximate surface area is 154 Å². The summed E-state index contributed by atoms with van der Waals surface area (Å²) in [5.41, 5.74) is 1.20. The van der Waals surface area contributed by atoms with E-state index >= 15 is 0 Å². The van der Waals surface area contributed by atoms with Crippen molar-refractivity contribution in [2.75, 3.05) is 33.4 Å². The fourth-order valence-electron chi connectivity index (χ4n) is 3.22. The van der Waals surface area contributed by atoms with Crippen molar-refractivity contribution in [2.45, 2.75) is 19.5 Å². The Morgan fingerprint density at radius 1 is 1.23 bits per heavy atom. The number of aromatic nitrogens is 1. The maximum Gasteiger partial charge on any atom is 0.260 e. The first kappa shape index (κ1) is 18.2. The molecular formula is C20H25N3O3. The number of hydrogen-bond acceptors (Lipinski definition) is 5. The molecule has 6 nitrogen and oxygen atoms in total. The van der Waals surface area contributed by atoms with Crippen LogP contribution >= 0.6 is 0 Å². The first-order valence-corrected chi connectivity index (χ1v) is 8.83. The molecule has 0 aliphatic carbocycles. The van der Waals surface area contributed by atoms with Gasteiger partial charge in [0.1, 0.15) is 11.5 Å². The molecule has 1 atom stereocenters. The minimum Gasteiger partial charge on any atom is -0.497 e. The van der Waals surface area contributed by atoms with Gasteiger partial charge in [0, 0.05) is 50.7 Å². The summed E-state index contributed by atoms with van der Waals surface area (Å²) in [6.07, 6.45) is 3.68. The van der Waals surface area contributed by atoms with Crippen LogP contribution in [0.5, 0.6) is 11.5 Å². The van der Waals surface area contributed by atoms with Crippen LogP contribution in [0.3, 0.4) is 0 Å². The average Bonchev–Trinajstić information content (AvgIpc) is 2.67. The Bertz CT molecular complexity index is 723. The van der Waals surface area contributed by atoms with Crippen LogP contribution in [0, 0.1) is 0 Å². The highest BCUT2D eigenvalue weighted by Crippen LogP contribution is 2.19. The van der Waals surface area contributed by atoms with Crippen LogP contribution in [0.1, 0.15) is 12.5 Å². The van der Waals surface area contributed by atoms with Gasteiger partial charge in [0.15, 0.2) is 6.61 Å². The summed E-state index contributed by atoms with van der Waals surface area (Å²) in [7, 11) is 1.61. The van der Waals surface area contributed by atoms with Crippen LogP contribution in [0.4, 0.5) is 0 Å². The molecule has 2 aromatic rings. The normalized spacial score (nSPS) is 17.8. The minimum atomic E-state index is 0.0151. The van der Waals surface area contributed by atoms with Crippen LogP contribution in [0.15, 0.2) is 48.8 Å². The molecule has 2 heterocycles. The fraction of sp³-hybridized carbons (Fsp3) is 0.400. The zero-order chi connectivity index (χ0) is 18.4. The molecule has 1 aliphatic heterocycles. The van der Waals surface area contributed by atoms with Crippen LogP contribution in [0.25, 0.3) is 0 Å². The molecule has 0 saturated carbocycles. The quantitative estimate of drug-likeness (QED) is 0.795.